The van der Waals surface area contributed by atoms with Gasteiger partial charge in [0.1, 0.15) is 0 Å². The number of hydrogen-bond acceptors (Lipinski definition) is 4. The lowest BCUT2D eigenvalue weighted by Crippen LogP contribution is -2.46. The zero-order valence-corrected chi connectivity index (χ0v) is 22.8. The van der Waals surface area contributed by atoms with Crippen LogP contribution < -0.4 is 10.6 Å². The molecule has 4 nitrogen and oxygen atoms in total. The summed E-state index contributed by atoms with van der Waals surface area (Å²) in [5, 5.41) is 7.49. The van der Waals surface area contributed by atoms with Crippen molar-refractivity contribution in [3.05, 3.63) is 0 Å². The van der Waals surface area contributed by atoms with Gasteiger partial charge in [-0.05, 0) is 122 Å². The van der Waals surface area contributed by atoms with Gasteiger partial charge < -0.3 is 10.6 Å². The average molecular weight is 427 g/mol. The molecule has 2 N–H and O–H groups in total. The lowest BCUT2D eigenvalue weighted by molar-refractivity contribution is 0.110. The fourth-order valence-corrected chi connectivity index (χ4v) is 5.61. The number of unbranched alkanes of at least 4 members (excludes halogenated alkanes) is 1. The molecule has 4 atom stereocenters. The second kappa shape index (κ2) is 15.6. The van der Waals surface area contributed by atoms with E-state index in [-0.39, 0.29) is 0 Å². The van der Waals surface area contributed by atoms with Gasteiger partial charge in [-0.15, -0.1) is 0 Å². The van der Waals surface area contributed by atoms with Gasteiger partial charge in [0, 0.05) is 48.3 Å². The number of rotatable bonds is 17. The lowest BCUT2D eigenvalue weighted by atomic mass is 10.0. The van der Waals surface area contributed by atoms with Crippen LogP contribution in [0.4, 0.5) is 0 Å². The van der Waals surface area contributed by atoms with Crippen LogP contribution in [0.25, 0.3) is 0 Å². The van der Waals surface area contributed by atoms with Gasteiger partial charge in [0.25, 0.3) is 0 Å². The van der Waals surface area contributed by atoms with E-state index < -0.39 is 0 Å². The minimum Gasteiger partial charge on any atom is -0.314 e. The quantitative estimate of drug-likeness (QED) is 0.300. The smallest absolute Gasteiger partial charge is 0.00870 e. The van der Waals surface area contributed by atoms with E-state index in [0.717, 1.165) is 13.1 Å². The Hall–Kier alpha value is -0.160. The predicted molar refractivity (Wildman–Crippen MR) is 137 cm³/mol. The van der Waals surface area contributed by atoms with Crippen molar-refractivity contribution in [1.29, 1.82) is 0 Å². The van der Waals surface area contributed by atoms with Crippen molar-refractivity contribution in [2.45, 2.75) is 157 Å². The average Bonchev–Trinajstić information content (AvgIpc) is 2.56. The Morgan fingerprint density at radius 2 is 0.733 bits per heavy atom. The molecule has 0 radical (unpaired) electrons. The first kappa shape index (κ1) is 29.8. The van der Waals surface area contributed by atoms with E-state index >= 15 is 0 Å². The Labute approximate surface area is 190 Å². The maximum atomic E-state index is 3.75. The third-order valence-electron chi connectivity index (χ3n) is 6.38. The standard InChI is InChI=1S/C26H58N4/c1-19(2)29(20(3)4)25(11)17-23(9)27-15-13-14-16-28-24(10)18-26(12)30(21(5)6)22(7)8/h19-28H,13-18H2,1-12H3. The van der Waals surface area contributed by atoms with Gasteiger partial charge in [-0.3, -0.25) is 9.80 Å². The molecule has 30 heavy (non-hydrogen) atoms. The van der Waals surface area contributed by atoms with Crippen molar-refractivity contribution in [2.24, 2.45) is 0 Å². The van der Waals surface area contributed by atoms with Crippen LogP contribution in [0.1, 0.15) is 109 Å². The summed E-state index contributed by atoms with van der Waals surface area (Å²) in [5.74, 6) is 0. The number of nitrogens with zero attached hydrogens (tertiary/aromatic N) is 2. The van der Waals surface area contributed by atoms with E-state index in [9.17, 15) is 0 Å². The molecular weight excluding hydrogens is 368 g/mol. The summed E-state index contributed by atoms with van der Waals surface area (Å²) in [6.45, 7) is 30.2. The Bertz CT molecular complexity index is 354. The lowest BCUT2D eigenvalue weighted by Gasteiger charge is -2.37. The highest BCUT2D eigenvalue weighted by atomic mass is 15.2. The zero-order valence-electron chi connectivity index (χ0n) is 22.8. The third-order valence-corrected chi connectivity index (χ3v) is 6.38. The van der Waals surface area contributed by atoms with E-state index in [4.69, 9.17) is 0 Å². The first-order valence-corrected chi connectivity index (χ1v) is 12.9. The van der Waals surface area contributed by atoms with Crippen LogP contribution >= 0.6 is 0 Å². The first-order valence-electron chi connectivity index (χ1n) is 12.9. The molecule has 182 valence electrons. The summed E-state index contributed by atoms with van der Waals surface area (Å²) < 4.78 is 0. The molecule has 4 heteroatoms. The fourth-order valence-electron chi connectivity index (χ4n) is 5.61. The molecule has 0 saturated carbocycles. The van der Waals surface area contributed by atoms with E-state index in [1.54, 1.807) is 0 Å². The number of nitrogens with one attached hydrogen (secondary N) is 2. The largest absolute Gasteiger partial charge is 0.314 e. The van der Waals surface area contributed by atoms with Gasteiger partial charge in [0.05, 0.1) is 0 Å². The van der Waals surface area contributed by atoms with Gasteiger partial charge in [0.2, 0.25) is 0 Å². The molecule has 0 aliphatic rings. The fraction of sp³-hybridized carbons (Fsp3) is 1.00. The zero-order chi connectivity index (χ0) is 23.4. The molecule has 0 aliphatic carbocycles. The van der Waals surface area contributed by atoms with Crippen molar-refractivity contribution in [3.8, 4) is 0 Å². The van der Waals surface area contributed by atoms with Gasteiger partial charge in [-0.2, -0.15) is 0 Å². The van der Waals surface area contributed by atoms with Gasteiger partial charge in [0.15, 0.2) is 0 Å². The highest BCUT2D eigenvalue weighted by Gasteiger charge is 2.22. The second-order valence-electron chi connectivity index (χ2n) is 10.9. The van der Waals surface area contributed by atoms with E-state index in [1.807, 2.05) is 0 Å². The molecule has 0 aromatic rings. The summed E-state index contributed by atoms with van der Waals surface area (Å²) in [6.07, 6.45) is 4.92. The Morgan fingerprint density at radius 1 is 0.467 bits per heavy atom. The van der Waals surface area contributed by atoms with Crippen molar-refractivity contribution in [2.75, 3.05) is 13.1 Å². The van der Waals surface area contributed by atoms with Gasteiger partial charge >= 0.3 is 0 Å². The summed E-state index contributed by atoms with van der Waals surface area (Å²) in [5.41, 5.74) is 0. The van der Waals surface area contributed by atoms with Crippen LogP contribution in [0.5, 0.6) is 0 Å². The van der Waals surface area contributed by atoms with Crippen molar-refractivity contribution >= 4 is 0 Å². The molecule has 0 saturated heterocycles. The van der Waals surface area contributed by atoms with E-state index in [0.29, 0.717) is 48.3 Å². The minimum absolute atomic E-state index is 0.575. The summed E-state index contributed by atoms with van der Waals surface area (Å²) >= 11 is 0. The second-order valence-corrected chi connectivity index (χ2v) is 10.9. The summed E-state index contributed by atoms with van der Waals surface area (Å²) in [6, 6.07) is 4.82. The van der Waals surface area contributed by atoms with Crippen molar-refractivity contribution in [3.63, 3.8) is 0 Å². The Morgan fingerprint density at radius 3 is 0.967 bits per heavy atom. The molecule has 0 rings (SSSR count). The summed E-state index contributed by atoms with van der Waals surface area (Å²) in [4.78, 5) is 5.26. The van der Waals surface area contributed by atoms with E-state index in [1.165, 1.54) is 25.7 Å². The van der Waals surface area contributed by atoms with Crippen molar-refractivity contribution < 1.29 is 0 Å². The predicted octanol–water partition coefficient (Wildman–Crippen LogP) is 5.52. The van der Waals surface area contributed by atoms with Crippen LogP contribution in [-0.2, 0) is 0 Å². The molecule has 0 spiro atoms. The van der Waals surface area contributed by atoms with Crippen LogP contribution in [0.2, 0.25) is 0 Å². The molecule has 0 bridgehead atoms. The normalized spacial score (nSPS) is 17.0. The monoisotopic (exact) mass is 426 g/mol. The maximum absolute atomic E-state index is 3.75. The molecule has 0 fully saturated rings. The van der Waals surface area contributed by atoms with Gasteiger partial charge in [-0.25, -0.2) is 0 Å². The molecule has 0 amide bonds. The van der Waals surface area contributed by atoms with Crippen LogP contribution in [0.3, 0.4) is 0 Å². The maximum Gasteiger partial charge on any atom is 0.00870 e. The van der Waals surface area contributed by atoms with Crippen LogP contribution in [0.15, 0.2) is 0 Å². The van der Waals surface area contributed by atoms with Crippen molar-refractivity contribution in [1.82, 2.24) is 20.4 Å². The molecule has 0 heterocycles. The molecule has 0 aliphatic heterocycles. The Kier molecular flexibility index (Phi) is 15.5. The highest BCUT2D eigenvalue weighted by molar-refractivity contribution is 4.79. The van der Waals surface area contributed by atoms with Crippen LogP contribution in [-0.4, -0.2) is 71.2 Å². The number of hydrogen-bond donors (Lipinski definition) is 2. The van der Waals surface area contributed by atoms with E-state index in [2.05, 4.69) is 104 Å². The van der Waals surface area contributed by atoms with Crippen LogP contribution in [0, 0.1) is 0 Å². The highest BCUT2D eigenvalue weighted by Crippen LogP contribution is 2.16. The SMILES string of the molecule is CC(CC(C)N(C(C)C)C(C)C)NCCCCNC(C)CC(C)N(C(C)C)C(C)C. The Balaban J connectivity index is 4.03. The molecule has 0 aromatic carbocycles. The minimum atomic E-state index is 0.575. The topological polar surface area (TPSA) is 30.5 Å². The third kappa shape index (κ3) is 12.0. The molecular formula is C26H58N4. The summed E-state index contributed by atoms with van der Waals surface area (Å²) in [7, 11) is 0. The molecule has 4 unspecified atom stereocenters. The molecule has 0 aromatic heterocycles. The first-order chi connectivity index (χ1) is 13.9. The van der Waals surface area contributed by atoms with Gasteiger partial charge in [-0.1, -0.05) is 0 Å².